The zero-order valence-corrected chi connectivity index (χ0v) is 20.4. The highest BCUT2D eigenvalue weighted by Gasteiger charge is 2.36. The molecule has 0 spiro atoms. The molecule has 3 amide bonds. The number of thioether (sulfide) groups is 1. The van der Waals surface area contributed by atoms with Crippen molar-refractivity contribution >= 4 is 63.1 Å². The number of halogens is 2. The highest BCUT2D eigenvalue weighted by Crippen LogP contribution is 2.34. The van der Waals surface area contributed by atoms with E-state index in [0.717, 1.165) is 38.7 Å². The summed E-state index contributed by atoms with van der Waals surface area (Å²) in [6.07, 6.45) is 3.57. The molecule has 0 atom stereocenters. The second kappa shape index (κ2) is 10.0. The van der Waals surface area contributed by atoms with E-state index in [1.165, 1.54) is 18.2 Å². The molecule has 1 N–H and O–H groups in total. The van der Waals surface area contributed by atoms with Gasteiger partial charge in [-0.15, -0.1) is 0 Å². The first kappa shape index (κ1) is 23.8. The van der Waals surface area contributed by atoms with Crippen molar-refractivity contribution in [3.63, 3.8) is 0 Å². The highest BCUT2D eigenvalue weighted by molar-refractivity contribution is 8.18. The number of para-hydroxylation sites is 2. The molecule has 0 radical (unpaired) electrons. The van der Waals surface area contributed by atoms with Crippen LogP contribution in [0.2, 0.25) is 5.02 Å². The summed E-state index contributed by atoms with van der Waals surface area (Å²) >= 11 is 7.12. The highest BCUT2D eigenvalue weighted by atomic mass is 35.5. The number of amides is 3. The van der Waals surface area contributed by atoms with E-state index in [9.17, 15) is 18.8 Å². The Morgan fingerprint density at radius 3 is 2.53 bits per heavy atom. The van der Waals surface area contributed by atoms with Crippen molar-refractivity contribution in [2.45, 2.75) is 6.54 Å². The van der Waals surface area contributed by atoms with Crippen molar-refractivity contribution in [3.05, 3.63) is 106 Å². The van der Waals surface area contributed by atoms with Crippen molar-refractivity contribution in [1.29, 1.82) is 0 Å². The molecule has 1 fully saturated rings. The number of rotatable bonds is 6. The molecule has 5 rings (SSSR count). The summed E-state index contributed by atoms with van der Waals surface area (Å²) in [6, 6.07) is 21.0. The van der Waals surface area contributed by atoms with E-state index in [1.807, 2.05) is 59.3 Å². The Balaban J connectivity index is 1.39. The summed E-state index contributed by atoms with van der Waals surface area (Å²) in [6.45, 7) is 0.0241. The van der Waals surface area contributed by atoms with Crippen molar-refractivity contribution in [2.75, 3.05) is 11.9 Å². The van der Waals surface area contributed by atoms with Gasteiger partial charge in [-0.3, -0.25) is 19.3 Å². The summed E-state index contributed by atoms with van der Waals surface area (Å²) in [5.74, 6) is -1.84. The second-order valence-corrected chi connectivity index (χ2v) is 9.52. The number of aromatic nitrogens is 1. The van der Waals surface area contributed by atoms with E-state index in [1.54, 1.807) is 12.1 Å². The molecule has 4 aromatic rings. The van der Waals surface area contributed by atoms with Crippen molar-refractivity contribution in [2.24, 2.45) is 0 Å². The summed E-state index contributed by atoms with van der Waals surface area (Å²) in [4.78, 5) is 39.0. The third-order valence-electron chi connectivity index (χ3n) is 5.73. The number of fused-ring (bicyclic) bond motifs is 1. The van der Waals surface area contributed by atoms with Crippen LogP contribution >= 0.6 is 23.4 Å². The molecule has 2 heterocycles. The van der Waals surface area contributed by atoms with Crippen LogP contribution in [0.5, 0.6) is 0 Å². The minimum Gasteiger partial charge on any atom is -0.342 e. The smallest absolute Gasteiger partial charge is 0.294 e. The normalized spacial score (nSPS) is 14.7. The van der Waals surface area contributed by atoms with Gasteiger partial charge in [0.1, 0.15) is 12.4 Å². The van der Waals surface area contributed by atoms with Crippen LogP contribution in [0.4, 0.5) is 14.9 Å². The van der Waals surface area contributed by atoms with Crippen LogP contribution in [0.15, 0.2) is 83.9 Å². The summed E-state index contributed by atoms with van der Waals surface area (Å²) in [7, 11) is 0. The predicted molar refractivity (Wildman–Crippen MR) is 140 cm³/mol. The Hall–Kier alpha value is -3.88. The topological polar surface area (TPSA) is 71.4 Å². The Morgan fingerprint density at radius 1 is 1.00 bits per heavy atom. The van der Waals surface area contributed by atoms with E-state index in [4.69, 9.17) is 11.6 Å². The van der Waals surface area contributed by atoms with Crippen LogP contribution in [-0.2, 0) is 16.1 Å². The molecule has 3 aromatic carbocycles. The van der Waals surface area contributed by atoms with Gasteiger partial charge in [-0.25, -0.2) is 4.39 Å². The van der Waals surface area contributed by atoms with E-state index in [0.29, 0.717) is 11.6 Å². The minimum atomic E-state index is -0.667. The molecule has 0 bridgehead atoms. The van der Waals surface area contributed by atoms with Crippen LogP contribution in [0.1, 0.15) is 11.1 Å². The van der Waals surface area contributed by atoms with Crippen molar-refractivity contribution in [3.8, 4) is 0 Å². The molecule has 6 nitrogen and oxygen atoms in total. The van der Waals surface area contributed by atoms with Gasteiger partial charge in [-0.05, 0) is 47.7 Å². The number of carbonyl (C=O) groups is 3. The van der Waals surface area contributed by atoms with Gasteiger partial charge < -0.3 is 9.88 Å². The fourth-order valence-electron chi connectivity index (χ4n) is 4.00. The zero-order valence-electron chi connectivity index (χ0n) is 18.8. The van der Waals surface area contributed by atoms with Crippen molar-refractivity contribution in [1.82, 2.24) is 9.47 Å². The Morgan fingerprint density at radius 2 is 1.72 bits per heavy atom. The number of anilines is 1. The monoisotopic (exact) mass is 519 g/mol. The number of imide groups is 1. The SMILES string of the molecule is O=C(CN1C(=O)S/C(=C\c2cn(Cc3ccccc3Cl)c3ccccc23)C1=O)Nc1ccccc1F. The fourth-order valence-corrected chi connectivity index (χ4v) is 5.03. The van der Waals surface area contributed by atoms with Gasteiger partial charge >= 0.3 is 0 Å². The van der Waals surface area contributed by atoms with Gasteiger partial charge in [-0.2, -0.15) is 0 Å². The maximum Gasteiger partial charge on any atom is 0.294 e. The van der Waals surface area contributed by atoms with Crippen LogP contribution in [0, 0.1) is 5.82 Å². The van der Waals surface area contributed by atoms with Gasteiger partial charge in [0.05, 0.1) is 10.6 Å². The Kier molecular flexibility index (Phi) is 6.63. The first-order chi connectivity index (χ1) is 17.4. The minimum absolute atomic E-state index is 0.0173. The number of hydrogen-bond donors (Lipinski definition) is 1. The van der Waals surface area contributed by atoms with Gasteiger partial charge in [0.2, 0.25) is 5.91 Å². The number of nitrogens with zero attached hydrogens (tertiary/aromatic N) is 2. The van der Waals surface area contributed by atoms with Crippen LogP contribution in [0.25, 0.3) is 17.0 Å². The molecule has 0 aliphatic carbocycles. The average molecular weight is 520 g/mol. The van der Waals surface area contributed by atoms with Gasteiger partial charge in [0.15, 0.2) is 0 Å². The third-order valence-corrected chi connectivity index (χ3v) is 7.00. The predicted octanol–water partition coefficient (Wildman–Crippen LogP) is 6.16. The summed E-state index contributed by atoms with van der Waals surface area (Å²) < 4.78 is 15.9. The molecular formula is C27H19ClFN3O3S. The lowest BCUT2D eigenvalue weighted by atomic mass is 10.1. The number of nitrogens with one attached hydrogen (secondary N) is 1. The molecule has 1 aromatic heterocycles. The van der Waals surface area contributed by atoms with E-state index in [-0.39, 0.29) is 10.6 Å². The number of hydrogen-bond acceptors (Lipinski definition) is 4. The molecule has 36 heavy (non-hydrogen) atoms. The second-order valence-electron chi connectivity index (χ2n) is 8.12. The fraction of sp³-hybridized carbons (Fsp3) is 0.0741. The van der Waals surface area contributed by atoms with Crippen LogP contribution in [-0.4, -0.2) is 33.1 Å². The summed E-state index contributed by atoms with van der Waals surface area (Å²) in [5.41, 5.74) is 2.65. The van der Waals surface area contributed by atoms with E-state index in [2.05, 4.69) is 5.32 Å². The third kappa shape index (κ3) is 4.78. The zero-order chi connectivity index (χ0) is 25.2. The Labute approximate surface area is 215 Å². The van der Waals surface area contributed by atoms with Gasteiger partial charge in [0.25, 0.3) is 11.1 Å². The molecule has 0 unspecified atom stereocenters. The average Bonchev–Trinajstić information content (AvgIpc) is 3.34. The molecule has 1 aliphatic rings. The maximum absolute atomic E-state index is 13.8. The lowest BCUT2D eigenvalue weighted by Crippen LogP contribution is -2.36. The van der Waals surface area contributed by atoms with E-state index < -0.39 is 29.4 Å². The number of benzene rings is 3. The largest absolute Gasteiger partial charge is 0.342 e. The molecular weight excluding hydrogens is 501 g/mol. The van der Waals surface area contributed by atoms with Gasteiger partial charge in [0, 0.05) is 34.2 Å². The first-order valence-corrected chi connectivity index (χ1v) is 12.2. The van der Waals surface area contributed by atoms with Crippen LogP contribution < -0.4 is 5.32 Å². The molecule has 1 saturated heterocycles. The summed E-state index contributed by atoms with van der Waals surface area (Å²) in [5, 5.41) is 3.40. The number of carbonyl (C=O) groups excluding carboxylic acids is 3. The van der Waals surface area contributed by atoms with Crippen LogP contribution in [0.3, 0.4) is 0 Å². The first-order valence-electron chi connectivity index (χ1n) is 11.0. The van der Waals surface area contributed by atoms with E-state index >= 15 is 0 Å². The molecule has 0 saturated carbocycles. The van der Waals surface area contributed by atoms with Crippen molar-refractivity contribution < 1.29 is 18.8 Å². The lowest BCUT2D eigenvalue weighted by molar-refractivity contribution is -0.127. The van der Waals surface area contributed by atoms with Gasteiger partial charge in [-0.1, -0.05) is 60.1 Å². The molecule has 9 heteroatoms. The maximum atomic E-state index is 13.8. The molecule has 180 valence electrons. The quantitative estimate of drug-likeness (QED) is 0.310. The standard InChI is InChI=1S/C27H19ClFN3O3S/c28-20-9-3-1-7-17(20)14-31-15-18(19-8-2-6-12-23(19)31)13-24-26(34)32(27(35)36-24)16-25(33)30-22-11-5-4-10-21(22)29/h1-13,15H,14,16H2,(H,30,33)/b24-13-. The molecule has 1 aliphatic heterocycles. The Bertz CT molecular complexity index is 1550. The lowest BCUT2D eigenvalue weighted by Gasteiger charge is -2.12.